The molecule has 3 N–H and O–H groups in total. The van der Waals surface area contributed by atoms with Gasteiger partial charge in [0.2, 0.25) is 0 Å². The van der Waals surface area contributed by atoms with Crippen LogP contribution in [0.15, 0.2) is 22.9 Å². The van der Waals surface area contributed by atoms with Crippen LogP contribution in [0.3, 0.4) is 0 Å². The summed E-state index contributed by atoms with van der Waals surface area (Å²) in [6.45, 7) is 6.12. The fourth-order valence-corrected chi connectivity index (χ4v) is 2.48. The van der Waals surface area contributed by atoms with Crippen molar-refractivity contribution < 1.29 is 9.21 Å². The third kappa shape index (κ3) is 3.02. The normalized spacial score (nSPS) is 11.6. The van der Waals surface area contributed by atoms with Crippen molar-refractivity contribution >= 4 is 17.2 Å². The van der Waals surface area contributed by atoms with E-state index in [0.717, 1.165) is 9.88 Å². The number of thiazole rings is 1. The molecule has 0 aliphatic rings. The molecule has 0 aromatic carbocycles. The molecule has 2 aromatic heterocycles. The Labute approximate surface area is 115 Å². The highest BCUT2D eigenvalue weighted by atomic mass is 32.1. The summed E-state index contributed by atoms with van der Waals surface area (Å²) in [5.41, 5.74) is 5.41. The van der Waals surface area contributed by atoms with Crippen LogP contribution in [-0.4, -0.2) is 10.9 Å². The Kier molecular flexibility index (Phi) is 3.73. The number of amides is 1. The van der Waals surface area contributed by atoms with E-state index in [1.165, 1.54) is 6.26 Å². The monoisotopic (exact) mass is 279 g/mol. The van der Waals surface area contributed by atoms with Crippen molar-refractivity contribution in [2.24, 2.45) is 5.73 Å². The van der Waals surface area contributed by atoms with Crippen LogP contribution in [0.5, 0.6) is 0 Å². The van der Waals surface area contributed by atoms with Gasteiger partial charge in [0.15, 0.2) is 0 Å². The van der Waals surface area contributed by atoms with E-state index in [4.69, 9.17) is 10.2 Å². The molecule has 1 amide bonds. The smallest absolute Gasteiger partial charge is 0.255 e. The summed E-state index contributed by atoms with van der Waals surface area (Å²) in [5, 5.41) is 3.82. The van der Waals surface area contributed by atoms with Gasteiger partial charge in [-0.05, 0) is 26.8 Å². The second-order valence-electron chi connectivity index (χ2n) is 4.86. The summed E-state index contributed by atoms with van der Waals surface area (Å²) < 4.78 is 5.16. The standard InChI is InChI=1S/C13H17N3O2S/c1-8-6-15-12(19-8)13(2,3)16-11(17)9-4-10(5-14)18-7-9/h4,6-7H,5,14H2,1-3H3,(H,16,17). The van der Waals surface area contributed by atoms with E-state index < -0.39 is 5.54 Å². The number of aryl methyl sites for hydroxylation is 1. The second kappa shape index (κ2) is 5.14. The second-order valence-corrected chi connectivity index (χ2v) is 6.10. The number of nitrogens with zero attached hydrogens (tertiary/aromatic N) is 1. The van der Waals surface area contributed by atoms with E-state index in [1.807, 2.05) is 20.8 Å². The Morgan fingerprint density at radius 1 is 1.58 bits per heavy atom. The molecule has 0 spiro atoms. The van der Waals surface area contributed by atoms with Gasteiger partial charge in [0.05, 0.1) is 17.6 Å². The number of nitrogens with one attached hydrogen (secondary N) is 1. The molecule has 0 saturated heterocycles. The van der Waals surface area contributed by atoms with Gasteiger partial charge in [-0.25, -0.2) is 4.98 Å². The molecule has 0 aliphatic carbocycles. The zero-order valence-corrected chi connectivity index (χ0v) is 12.0. The first-order chi connectivity index (χ1) is 8.92. The van der Waals surface area contributed by atoms with Gasteiger partial charge in [-0.3, -0.25) is 4.79 Å². The molecule has 0 aliphatic heterocycles. The molecule has 0 saturated carbocycles. The summed E-state index contributed by atoms with van der Waals surface area (Å²) in [7, 11) is 0. The third-order valence-electron chi connectivity index (χ3n) is 2.70. The van der Waals surface area contributed by atoms with E-state index in [1.54, 1.807) is 23.6 Å². The van der Waals surface area contributed by atoms with Crippen molar-refractivity contribution in [3.8, 4) is 0 Å². The fraction of sp³-hybridized carbons (Fsp3) is 0.385. The van der Waals surface area contributed by atoms with Gasteiger partial charge in [0, 0.05) is 11.1 Å². The lowest BCUT2D eigenvalue weighted by Gasteiger charge is -2.23. The first kappa shape index (κ1) is 13.8. The Bertz CT molecular complexity index is 586. The minimum absolute atomic E-state index is 0.193. The van der Waals surface area contributed by atoms with E-state index in [0.29, 0.717) is 11.3 Å². The van der Waals surface area contributed by atoms with Crippen LogP contribution in [0.4, 0.5) is 0 Å². The highest BCUT2D eigenvalue weighted by Gasteiger charge is 2.27. The lowest BCUT2D eigenvalue weighted by Crippen LogP contribution is -2.40. The maximum absolute atomic E-state index is 12.1. The van der Waals surface area contributed by atoms with Gasteiger partial charge in [-0.1, -0.05) is 0 Å². The van der Waals surface area contributed by atoms with Crippen LogP contribution in [-0.2, 0) is 12.1 Å². The summed E-state index contributed by atoms with van der Waals surface area (Å²) in [6, 6.07) is 1.65. The van der Waals surface area contributed by atoms with Crippen molar-refractivity contribution in [1.29, 1.82) is 0 Å². The summed E-state index contributed by atoms with van der Waals surface area (Å²) >= 11 is 1.57. The minimum atomic E-state index is -0.518. The van der Waals surface area contributed by atoms with Gasteiger partial charge in [0.1, 0.15) is 17.0 Å². The molecule has 0 unspecified atom stereocenters. The van der Waals surface area contributed by atoms with E-state index in [9.17, 15) is 4.79 Å². The fourth-order valence-electron chi connectivity index (χ4n) is 1.66. The minimum Gasteiger partial charge on any atom is -0.467 e. The summed E-state index contributed by atoms with van der Waals surface area (Å²) in [5.74, 6) is 0.398. The predicted octanol–water partition coefficient (Wildman–Crippen LogP) is 2.17. The molecule has 0 bridgehead atoms. The highest BCUT2D eigenvalue weighted by molar-refractivity contribution is 7.11. The highest BCUT2D eigenvalue weighted by Crippen LogP contribution is 2.25. The summed E-state index contributed by atoms with van der Waals surface area (Å²) in [6.07, 6.45) is 3.22. The first-order valence-electron chi connectivity index (χ1n) is 5.95. The number of carbonyl (C=O) groups is 1. The van der Waals surface area contributed by atoms with Crippen molar-refractivity contribution in [2.75, 3.05) is 0 Å². The molecule has 2 rings (SSSR count). The molecule has 102 valence electrons. The average Bonchev–Trinajstić information content (AvgIpc) is 2.96. The van der Waals surface area contributed by atoms with Crippen LogP contribution in [0.1, 0.15) is 39.9 Å². The first-order valence-corrected chi connectivity index (χ1v) is 6.77. The van der Waals surface area contributed by atoms with Crippen molar-refractivity contribution in [3.05, 3.63) is 39.7 Å². The molecular weight excluding hydrogens is 262 g/mol. The summed E-state index contributed by atoms with van der Waals surface area (Å²) in [4.78, 5) is 17.6. The SMILES string of the molecule is Cc1cnc(C(C)(C)NC(=O)c2coc(CN)c2)s1. The number of furan rings is 1. The maximum atomic E-state index is 12.1. The van der Waals surface area contributed by atoms with Gasteiger partial charge in [0.25, 0.3) is 5.91 Å². The number of nitrogens with two attached hydrogens (primary N) is 1. The molecule has 0 fully saturated rings. The topological polar surface area (TPSA) is 81.2 Å². The van der Waals surface area contributed by atoms with Crippen molar-refractivity contribution in [1.82, 2.24) is 10.3 Å². The molecule has 5 nitrogen and oxygen atoms in total. The van der Waals surface area contributed by atoms with E-state index >= 15 is 0 Å². The lowest BCUT2D eigenvalue weighted by molar-refractivity contribution is 0.0911. The Morgan fingerprint density at radius 2 is 2.32 bits per heavy atom. The van der Waals surface area contributed by atoms with Gasteiger partial charge >= 0.3 is 0 Å². The zero-order valence-electron chi connectivity index (χ0n) is 11.2. The van der Waals surface area contributed by atoms with Crippen LogP contribution >= 0.6 is 11.3 Å². The van der Waals surface area contributed by atoms with Crippen molar-refractivity contribution in [2.45, 2.75) is 32.9 Å². The number of aromatic nitrogens is 1. The lowest BCUT2D eigenvalue weighted by atomic mass is 10.1. The number of rotatable bonds is 4. The van der Waals surface area contributed by atoms with E-state index in [-0.39, 0.29) is 12.5 Å². The Morgan fingerprint density at radius 3 is 2.84 bits per heavy atom. The molecule has 6 heteroatoms. The van der Waals surface area contributed by atoms with Crippen LogP contribution in [0.2, 0.25) is 0 Å². The van der Waals surface area contributed by atoms with Crippen LogP contribution in [0, 0.1) is 6.92 Å². The Hall–Kier alpha value is -1.66. The van der Waals surface area contributed by atoms with Gasteiger partial charge in [-0.2, -0.15) is 0 Å². The van der Waals surface area contributed by atoms with E-state index in [2.05, 4.69) is 10.3 Å². The Balaban J connectivity index is 2.13. The van der Waals surface area contributed by atoms with Gasteiger partial charge < -0.3 is 15.5 Å². The average molecular weight is 279 g/mol. The number of hydrogen-bond acceptors (Lipinski definition) is 5. The predicted molar refractivity (Wildman–Crippen MR) is 73.9 cm³/mol. The molecule has 0 radical (unpaired) electrons. The molecular formula is C13H17N3O2S. The quantitative estimate of drug-likeness (QED) is 0.898. The van der Waals surface area contributed by atoms with Crippen LogP contribution in [0.25, 0.3) is 0 Å². The zero-order chi connectivity index (χ0) is 14.0. The third-order valence-corrected chi connectivity index (χ3v) is 3.94. The largest absolute Gasteiger partial charge is 0.467 e. The molecule has 2 heterocycles. The van der Waals surface area contributed by atoms with Crippen LogP contribution < -0.4 is 11.1 Å². The maximum Gasteiger partial charge on any atom is 0.255 e. The number of carbonyl (C=O) groups excluding carboxylic acids is 1. The van der Waals surface area contributed by atoms with Gasteiger partial charge in [-0.15, -0.1) is 11.3 Å². The molecule has 2 aromatic rings. The number of hydrogen-bond donors (Lipinski definition) is 2. The molecule has 19 heavy (non-hydrogen) atoms. The van der Waals surface area contributed by atoms with Crippen molar-refractivity contribution in [3.63, 3.8) is 0 Å². The molecule has 0 atom stereocenters.